The molecule has 1 amide bonds. The number of benzene rings is 2. The van der Waals surface area contributed by atoms with Crippen LogP contribution in [0.2, 0.25) is 0 Å². The zero-order chi connectivity index (χ0) is 20.5. The third kappa shape index (κ3) is 3.68. The first-order chi connectivity index (χ1) is 14.7. The Labute approximate surface area is 179 Å². The van der Waals surface area contributed by atoms with Gasteiger partial charge in [-0.1, -0.05) is 12.1 Å². The number of carbonyl (C=O) groups excluding carboxylic acids is 1. The van der Waals surface area contributed by atoms with Crippen LogP contribution in [0.3, 0.4) is 0 Å². The Morgan fingerprint density at radius 1 is 0.900 bits per heavy atom. The molecule has 3 aliphatic rings. The minimum absolute atomic E-state index is 0.0567. The number of piperazine rings is 1. The van der Waals surface area contributed by atoms with E-state index in [1.807, 2.05) is 47.4 Å². The molecule has 0 spiro atoms. The van der Waals surface area contributed by atoms with Gasteiger partial charge in [0.05, 0.1) is 0 Å². The molecule has 1 saturated heterocycles. The number of hydrogen-bond donors (Lipinski definition) is 1. The van der Waals surface area contributed by atoms with Gasteiger partial charge in [-0.2, -0.15) is 0 Å². The summed E-state index contributed by atoms with van der Waals surface area (Å²) in [5.74, 6) is 2.66. The van der Waals surface area contributed by atoms with Crippen LogP contribution in [-0.4, -0.2) is 66.5 Å². The number of para-hydroxylation sites is 2. The first kappa shape index (κ1) is 18.8. The van der Waals surface area contributed by atoms with Gasteiger partial charge < -0.3 is 34.1 Å². The Hall–Kier alpha value is -3.20. The molecule has 156 valence electrons. The van der Waals surface area contributed by atoms with Crippen LogP contribution < -0.4 is 24.3 Å². The zero-order valence-electron chi connectivity index (χ0n) is 16.2. The molecule has 30 heavy (non-hydrogen) atoms. The summed E-state index contributed by atoms with van der Waals surface area (Å²) in [6, 6.07) is 13.0. The van der Waals surface area contributed by atoms with Gasteiger partial charge in [-0.25, -0.2) is 0 Å². The SMILES string of the molecule is O=C(C1COc2ccccc2O1)N1CCN(C(=S)Nc2ccc3c(c2)OCO3)CC1. The van der Waals surface area contributed by atoms with Gasteiger partial charge in [0.25, 0.3) is 5.91 Å². The standard InChI is InChI=1S/C21H21N3O5S/c25-20(19-12-26-15-3-1-2-4-17(15)29-19)23-7-9-24(10-8-23)21(30)22-14-5-6-16-18(11-14)28-13-27-16/h1-6,11,19H,7-10,12-13H2,(H,22,30). The number of hydrogen-bond acceptors (Lipinski definition) is 6. The molecule has 0 radical (unpaired) electrons. The van der Waals surface area contributed by atoms with Crippen molar-refractivity contribution in [1.82, 2.24) is 9.80 Å². The average molecular weight is 427 g/mol. The smallest absolute Gasteiger partial charge is 0.267 e. The molecule has 0 aromatic heterocycles. The van der Waals surface area contributed by atoms with Crippen molar-refractivity contribution in [2.75, 3.05) is 44.9 Å². The van der Waals surface area contributed by atoms with E-state index < -0.39 is 6.10 Å². The highest BCUT2D eigenvalue weighted by atomic mass is 32.1. The van der Waals surface area contributed by atoms with Gasteiger partial charge in [-0.05, 0) is 36.5 Å². The van der Waals surface area contributed by atoms with Gasteiger partial charge in [0.15, 0.2) is 28.1 Å². The molecule has 2 aromatic rings. The van der Waals surface area contributed by atoms with E-state index in [0.717, 1.165) is 11.4 Å². The van der Waals surface area contributed by atoms with E-state index >= 15 is 0 Å². The van der Waals surface area contributed by atoms with Crippen LogP contribution in [0.1, 0.15) is 0 Å². The van der Waals surface area contributed by atoms with Crippen molar-refractivity contribution in [1.29, 1.82) is 0 Å². The predicted molar refractivity (Wildman–Crippen MR) is 113 cm³/mol. The van der Waals surface area contributed by atoms with E-state index in [0.29, 0.717) is 48.5 Å². The third-order valence-electron chi connectivity index (χ3n) is 5.29. The van der Waals surface area contributed by atoms with Crippen LogP contribution in [0, 0.1) is 0 Å². The molecule has 5 rings (SSSR count). The minimum Gasteiger partial charge on any atom is -0.485 e. The summed E-state index contributed by atoms with van der Waals surface area (Å²) in [4.78, 5) is 16.7. The average Bonchev–Trinajstić information content (AvgIpc) is 3.26. The Balaban J connectivity index is 1.14. The summed E-state index contributed by atoms with van der Waals surface area (Å²) in [5, 5.41) is 3.85. The molecule has 1 atom stereocenters. The maximum atomic E-state index is 12.9. The number of anilines is 1. The van der Waals surface area contributed by atoms with Gasteiger partial charge in [0.2, 0.25) is 12.9 Å². The van der Waals surface area contributed by atoms with Gasteiger partial charge in [0, 0.05) is 37.9 Å². The lowest BCUT2D eigenvalue weighted by Gasteiger charge is -2.38. The fourth-order valence-corrected chi connectivity index (χ4v) is 3.95. The highest BCUT2D eigenvalue weighted by Crippen LogP contribution is 2.34. The molecule has 1 fully saturated rings. The largest absolute Gasteiger partial charge is 0.485 e. The lowest BCUT2D eigenvalue weighted by molar-refractivity contribution is -0.142. The number of amides is 1. The lowest BCUT2D eigenvalue weighted by atomic mass is 10.2. The highest BCUT2D eigenvalue weighted by molar-refractivity contribution is 7.80. The molecule has 2 aromatic carbocycles. The van der Waals surface area contributed by atoms with E-state index in [-0.39, 0.29) is 19.3 Å². The normalized spacial score (nSPS) is 19.4. The molecule has 8 nitrogen and oxygen atoms in total. The van der Waals surface area contributed by atoms with Crippen LogP contribution in [0.5, 0.6) is 23.0 Å². The predicted octanol–water partition coefficient (Wildman–Crippen LogP) is 2.10. The van der Waals surface area contributed by atoms with Crippen LogP contribution in [-0.2, 0) is 4.79 Å². The summed E-state index contributed by atoms with van der Waals surface area (Å²) in [6.07, 6.45) is -0.620. The number of fused-ring (bicyclic) bond motifs is 2. The van der Waals surface area contributed by atoms with Gasteiger partial charge >= 0.3 is 0 Å². The van der Waals surface area contributed by atoms with Crippen LogP contribution in [0.25, 0.3) is 0 Å². The molecule has 3 aliphatic heterocycles. The van der Waals surface area contributed by atoms with Crippen molar-refractivity contribution >= 4 is 28.9 Å². The summed E-state index contributed by atoms with van der Waals surface area (Å²) >= 11 is 5.55. The van der Waals surface area contributed by atoms with Crippen LogP contribution in [0.15, 0.2) is 42.5 Å². The maximum absolute atomic E-state index is 12.9. The molecule has 9 heteroatoms. The molecule has 0 aliphatic carbocycles. The molecule has 3 heterocycles. The van der Waals surface area contributed by atoms with Crippen molar-refractivity contribution in [2.24, 2.45) is 0 Å². The fourth-order valence-electron chi connectivity index (χ4n) is 3.65. The Bertz CT molecular complexity index is 977. The second-order valence-electron chi connectivity index (χ2n) is 7.17. The number of carbonyl (C=O) groups is 1. The van der Waals surface area contributed by atoms with Crippen molar-refractivity contribution < 1.29 is 23.7 Å². The van der Waals surface area contributed by atoms with Crippen molar-refractivity contribution in [3.63, 3.8) is 0 Å². The number of ether oxygens (including phenoxy) is 4. The second kappa shape index (κ2) is 7.91. The number of thiocarbonyl (C=S) groups is 1. The Morgan fingerprint density at radius 3 is 2.43 bits per heavy atom. The summed E-state index contributed by atoms with van der Waals surface area (Å²) in [6.45, 7) is 2.89. The van der Waals surface area contributed by atoms with Gasteiger partial charge in [0.1, 0.15) is 6.61 Å². The molecular formula is C21H21N3O5S. The number of nitrogens with one attached hydrogen (secondary N) is 1. The molecule has 0 bridgehead atoms. The van der Waals surface area contributed by atoms with E-state index in [1.54, 1.807) is 0 Å². The monoisotopic (exact) mass is 427 g/mol. The number of rotatable bonds is 2. The van der Waals surface area contributed by atoms with Gasteiger partial charge in [-0.3, -0.25) is 4.79 Å². The van der Waals surface area contributed by atoms with E-state index in [1.165, 1.54) is 0 Å². The summed E-state index contributed by atoms with van der Waals surface area (Å²) in [7, 11) is 0. The minimum atomic E-state index is -0.620. The third-order valence-corrected chi connectivity index (χ3v) is 5.65. The Kier molecular flexibility index (Phi) is 4.96. The fraction of sp³-hybridized carbons (Fsp3) is 0.333. The Morgan fingerprint density at radius 2 is 1.60 bits per heavy atom. The zero-order valence-corrected chi connectivity index (χ0v) is 17.0. The molecular weight excluding hydrogens is 406 g/mol. The summed E-state index contributed by atoms with van der Waals surface area (Å²) < 4.78 is 22.2. The van der Waals surface area contributed by atoms with E-state index in [4.69, 9.17) is 31.2 Å². The van der Waals surface area contributed by atoms with Crippen LogP contribution in [0.4, 0.5) is 5.69 Å². The number of nitrogens with zero attached hydrogens (tertiary/aromatic N) is 2. The van der Waals surface area contributed by atoms with Gasteiger partial charge in [-0.15, -0.1) is 0 Å². The topological polar surface area (TPSA) is 72.5 Å². The molecule has 1 N–H and O–H groups in total. The maximum Gasteiger partial charge on any atom is 0.267 e. The van der Waals surface area contributed by atoms with E-state index in [2.05, 4.69) is 10.2 Å². The molecule has 1 unspecified atom stereocenters. The van der Waals surface area contributed by atoms with E-state index in [9.17, 15) is 4.79 Å². The van der Waals surface area contributed by atoms with Crippen molar-refractivity contribution in [2.45, 2.75) is 6.10 Å². The lowest BCUT2D eigenvalue weighted by Crippen LogP contribution is -2.55. The highest BCUT2D eigenvalue weighted by Gasteiger charge is 2.33. The van der Waals surface area contributed by atoms with Crippen molar-refractivity contribution in [3.8, 4) is 23.0 Å². The summed E-state index contributed by atoms with van der Waals surface area (Å²) in [5.41, 5.74) is 0.842. The molecule has 0 saturated carbocycles. The quantitative estimate of drug-likeness (QED) is 0.731. The first-order valence-corrected chi connectivity index (χ1v) is 10.2. The van der Waals surface area contributed by atoms with Crippen molar-refractivity contribution in [3.05, 3.63) is 42.5 Å². The second-order valence-corrected chi connectivity index (χ2v) is 7.56. The van der Waals surface area contributed by atoms with Crippen LogP contribution >= 0.6 is 12.2 Å². The first-order valence-electron chi connectivity index (χ1n) is 9.80.